The second-order valence-electron chi connectivity index (χ2n) is 7.95. The molecule has 0 aliphatic carbocycles. The molecule has 1 amide bonds. The van der Waals surface area contributed by atoms with Crippen LogP contribution in [-0.2, 0) is 13.0 Å². The molecule has 0 radical (unpaired) electrons. The number of aromatic nitrogens is 2. The van der Waals surface area contributed by atoms with Gasteiger partial charge >= 0.3 is 0 Å². The maximum Gasteiger partial charge on any atom is 0.260 e. The van der Waals surface area contributed by atoms with Crippen LogP contribution in [0.3, 0.4) is 0 Å². The summed E-state index contributed by atoms with van der Waals surface area (Å²) in [5.74, 6) is -0.00755. The summed E-state index contributed by atoms with van der Waals surface area (Å²) in [6.07, 6.45) is -0.107. The molecule has 2 atom stereocenters. The van der Waals surface area contributed by atoms with Gasteiger partial charge in [-0.2, -0.15) is 5.10 Å². The van der Waals surface area contributed by atoms with E-state index in [1.807, 2.05) is 55.5 Å². The van der Waals surface area contributed by atoms with Crippen LogP contribution >= 0.6 is 0 Å². The number of aryl methyl sites for hydroxylation is 2. The Labute approximate surface area is 180 Å². The number of anilines is 1. The van der Waals surface area contributed by atoms with Crippen LogP contribution in [0.1, 0.15) is 58.0 Å². The van der Waals surface area contributed by atoms with E-state index < -0.39 is 12.5 Å². The van der Waals surface area contributed by atoms with E-state index >= 15 is 0 Å². The van der Waals surface area contributed by atoms with Crippen LogP contribution in [0.4, 0.5) is 14.6 Å². The molecule has 0 bridgehead atoms. The number of fused-ring (bicyclic) bond motifs is 1. The van der Waals surface area contributed by atoms with Crippen molar-refractivity contribution in [3.05, 3.63) is 82.5 Å². The Hall–Kier alpha value is -3.22. The van der Waals surface area contributed by atoms with Crippen LogP contribution in [0.15, 0.2) is 54.7 Å². The molecule has 5 nitrogen and oxygen atoms in total. The highest BCUT2D eigenvalue weighted by Gasteiger charge is 2.36. The Morgan fingerprint density at radius 3 is 2.48 bits per heavy atom. The average molecular weight is 424 g/mol. The van der Waals surface area contributed by atoms with Crippen molar-refractivity contribution in [1.29, 1.82) is 0 Å². The first-order valence-electron chi connectivity index (χ1n) is 10.5. The van der Waals surface area contributed by atoms with E-state index in [1.165, 1.54) is 16.4 Å². The molecule has 1 aromatic heterocycles. The minimum absolute atomic E-state index is 0.197. The van der Waals surface area contributed by atoms with Crippen LogP contribution in [-0.4, -0.2) is 22.1 Å². The van der Waals surface area contributed by atoms with Crippen LogP contribution < -0.4 is 10.6 Å². The van der Waals surface area contributed by atoms with E-state index in [1.54, 1.807) is 0 Å². The number of hydrogen-bond donors (Lipinski definition) is 2. The minimum Gasteiger partial charge on any atom is -0.363 e. The third-order valence-electron chi connectivity index (χ3n) is 5.80. The topological polar surface area (TPSA) is 59.0 Å². The van der Waals surface area contributed by atoms with Crippen molar-refractivity contribution >= 4 is 11.7 Å². The maximum absolute atomic E-state index is 13.8. The number of rotatable bonds is 6. The fourth-order valence-corrected chi connectivity index (χ4v) is 3.89. The van der Waals surface area contributed by atoms with Gasteiger partial charge in [0.1, 0.15) is 17.4 Å². The molecule has 0 fully saturated rings. The van der Waals surface area contributed by atoms with Gasteiger partial charge in [0.15, 0.2) is 0 Å². The van der Waals surface area contributed by atoms with Gasteiger partial charge in [-0.15, -0.1) is 0 Å². The van der Waals surface area contributed by atoms with Gasteiger partial charge in [0, 0.05) is 6.54 Å². The quantitative estimate of drug-likeness (QED) is 0.582. The number of carbonyl (C=O) groups excluding carboxylic acids is 1. The lowest BCUT2D eigenvalue weighted by Crippen LogP contribution is -2.32. The molecule has 1 aliphatic rings. The standard InChI is InChI=1S/C24H26F2N4O/c1-3-16-8-10-18(11-9-16)20-12-21(22(25)26)30-23(29-20)19(14-28-30)24(31)27-13-17-6-4-15(2)5-7-17/h4-11,14,20-22,29H,3,12-13H2,1-2H3,(H,27,31). The third kappa shape index (κ3) is 4.45. The number of benzene rings is 2. The van der Waals surface area contributed by atoms with Crippen LogP contribution in [0, 0.1) is 6.92 Å². The van der Waals surface area contributed by atoms with Crippen molar-refractivity contribution < 1.29 is 13.6 Å². The first-order valence-corrected chi connectivity index (χ1v) is 10.5. The molecular weight excluding hydrogens is 398 g/mol. The third-order valence-corrected chi connectivity index (χ3v) is 5.80. The highest BCUT2D eigenvalue weighted by Crippen LogP contribution is 2.39. The summed E-state index contributed by atoms with van der Waals surface area (Å²) in [6.45, 7) is 4.42. The van der Waals surface area contributed by atoms with E-state index in [4.69, 9.17) is 0 Å². The molecule has 7 heteroatoms. The van der Waals surface area contributed by atoms with Crippen molar-refractivity contribution in [2.45, 2.75) is 51.7 Å². The smallest absolute Gasteiger partial charge is 0.260 e. The molecular formula is C24H26F2N4O. The Morgan fingerprint density at radius 1 is 1.16 bits per heavy atom. The molecule has 0 saturated heterocycles. The molecule has 3 aromatic rings. The molecule has 2 aromatic carbocycles. The highest BCUT2D eigenvalue weighted by atomic mass is 19.3. The predicted octanol–water partition coefficient (Wildman–Crippen LogP) is 5.05. The van der Waals surface area contributed by atoms with Crippen molar-refractivity contribution in [2.24, 2.45) is 0 Å². The highest BCUT2D eigenvalue weighted by molar-refractivity contribution is 5.98. The Bertz CT molecular complexity index is 1040. The van der Waals surface area contributed by atoms with E-state index in [2.05, 4.69) is 22.7 Å². The minimum atomic E-state index is -2.58. The molecule has 2 N–H and O–H groups in total. The number of carbonyl (C=O) groups is 1. The molecule has 4 rings (SSSR count). The number of halogens is 2. The molecule has 0 saturated carbocycles. The van der Waals surface area contributed by atoms with Gasteiger partial charge in [0.2, 0.25) is 0 Å². The fraction of sp³-hybridized carbons (Fsp3) is 0.333. The van der Waals surface area contributed by atoms with Crippen molar-refractivity contribution in [3.63, 3.8) is 0 Å². The van der Waals surface area contributed by atoms with Gasteiger partial charge in [0.05, 0.1) is 12.2 Å². The van der Waals surface area contributed by atoms with Crippen LogP contribution in [0.2, 0.25) is 0 Å². The van der Waals surface area contributed by atoms with E-state index in [9.17, 15) is 13.6 Å². The second kappa shape index (κ2) is 8.88. The zero-order valence-corrected chi connectivity index (χ0v) is 17.6. The lowest BCUT2D eigenvalue weighted by atomic mass is 9.96. The molecule has 0 spiro atoms. The Morgan fingerprint density at radius 2 is 1.84 bits per heavy atom. The first kappa shape index (κ1) is 21.0. The van der Waals surface area contributed by atoms with Crippen LogP contribution in [0.5, 0.6) is 0 Å². The lowest BCUT2D eigenvalue weighted by molar-refractivity contribution is 0.0656. The average Bonchev–Trinajstić information content (AvgIpc) is 3.22. The van der Waals surface area contributed by atoms with Gasteiger partial charge in [-0.1, -0.05) is 61.0 Å². The Kier molecular flexibility index (Phi) is 6.02. The summed E-state index contributed by atoms with van der Waals surface area (Å²) in [7, 11) is 0. The van der Waals surface area contributed by atoms with Crippen molar-refractivity contribution in [1.82, 2.24) is 15.1 Å². The van der Waals surface area contributed by atoms with Gasteiger partial charge in [-0.3, -0.25) is 4.79 Å². The second-order valence-corrected chi connectivity index (χ2v) is 7.95. The zero-order valence-electron chi connectivity index (χ0n) is 17.6. The van der Waals surface area contributed by atoms with Gasteiger partial charge < -0.3 is 10.6 Å². The van der Waals surface area contributed by atoms with Gasteiger partial charge in [-0.05, 0) is 36.5 Å². The molecule has 1 aliphatic heterocycles. The number of alkyl halides is 2. The summed E-state index contributed by atoms with van der Waals surface area (Å²) in [6, 6.07) is 14.4. The first-order chi connectivity index (χ1) is 15.0. The van der Waals surface area contributed by atoms with E-state index in [0.717, 1.165) is 23.1 Å². The largest absolute Gasteiger partial charge is 0.363 e. The fourth-order valence-electron chi connectivity index (χ4n) is 3.89. The zero-order chi connectivity index (χ0) is 22.0. The number of amides is 1. The Balaban J connectivity index is 1.56. The van der Waals surface area contributed by atoms with Crippen molar-refractivity contribution in [3.8, 4) is 0 Å². The van der Waals surface area contributed by atoms with E-state index in [0.29, 0.717) is 12.4 Å². The number of nitrogens with one attached hydrogen (secondary N) is 2. The predicted molar refractivity (Wildman–Crippen MR) is 116 cm³/mol. The molecule has 162 valence electrons. The monoisotopic (exact) mass is 424 g/mol. The maximum atomic E-state index is 13.8. The summed E-state index contributed by atoms with van der Waals surface area (Å²) < 4.78 is 28.9. The van der Waals surface area contributed by atoms with Crippen LogP contribution in [0.25, 0.3) is 0 Å². The summed E-state index contributed by atoms with van der Waals surface area (Å²) in [5.41, 5.74) is 4.48. The SMILES string of the molecule is CCc1ccc(C2CC(C(F)F)n3ncc(C(=O)NCc4ccc(C)cc4)c3N2)cc1. The van der Waals surface area contributed by atoms with Gasteiger partial charge in [0.25, 0.3) is 12.3 Å². The number of nitrogens with zero attached hydrogens (tertiary/aromatic N) is 2. The van der Waals surface area contributed by atoms with Gasteiger partial charge in [-0.25, -0.2) is 13.5 Å². The summed E-state index contributed by atoms with van der Waals surface area (Å²) in [5, 5.41) is 10.3. The molecule has 2 unspecified atom stereocenters. The summed E-state index contributed by atoms with van der Waals surface area (Å²) in [4.78, 5) is 12.8. The van der Waals surface area contributed by atoms with E-state index in [-0.39, 0.29) is 23.9 Å². The molecule has 31 heavy (non-hydrogen) atoms. The number of hydrogen-bond acceptors (Lipinski definition) is 3. The van der Waals surface area contributed by atoms with Crippen molar-refractivity contribution in [2.75, 3.05) is 5.32 Å². The summed E-state index contributed by atoms with van der Waals surface area (Å²) >= 11 is 0. The molecule has 2 heterocycles. The normalized spacial score (nSPS) is 17.8. The lowest BCUT2D eigenvalue weighted by Gasteiger charge is -2.32.